The maximum atomic E-state index is 5.97. The monoisotopic (exact) mass is 355 g/mol. The Morgan fingerprint density at radius 3 is 2.48 bits per heavy atom. The summed E-state index contributed by atoms with van der Waals surface area (Å²) in [4.78, 5) is 0. The van der Waals surface area contributed by atoms with E-state index in [4.69, 9.17) is 16.3 Å². The van der Waals surface area contributed by atoms with Crippen LogP contribution in [0.15, 0.2) is 54.6 Å². The summed E-state index contributed by atoms with van der Waals surface area (Å²) >= 11 is 5.97. The topological polar surface area (TPSA) is 39.1 Å². The quantitative estimate of drug-likeness (QED) is 0.642. The minimum atomic E-state index is 0.632. The molecule has 5 heteroatoms. The van der Waals surface area contributed by atoms with Gasteiger partial charge in [0.05, 0.1) is 11.4 Å². The van der Waals surface area contributed by atoms with E-state index in [-0.39, 0.29) is 0 Å². The molecule has 0 amide bonds. The first-order valence-electron chi connectivity index (χ1n) is 8.35. The van der Waals surface area contributed by atoms with Crippen LogP contribution < -0.4 is 10.1 Å². The zero-order valence-electron chi connectivity index (χ0n) is 14.5. The largest absolute Gasteiger partial charge is 0.492 e. The summed E-state index contributed by atoms with van der Waals surface area (Å²) in [5.41, 5.74) is 4.40. The molecule has 0 saturated heterocycles. The fourth-order valence-corrected chi connectivity index (χ4v) is 2.86. The molecule has 0 aliphatic heterocycles. The predicted molar refractivity (Wildman–Crippen MR) is 102 cm³/mol. The predicted octanol–water partition coefficient (Wildman–Crippen LogP) is 4.31. The second-order valence-corrected chi connectivity index (χ2v) is 6.31. The Balaban J connectivity index is 1.57. The Labute approximate surface area is 153 Å². The molecule has 0 fully saturated rings. The summed E-state index contributed by atoms with van der Waals surface area (Å²) < 4.78 is 7.66. The van der Waals surface area contributed by atoms with Crippen molar-refractivity contribution in [2.24, 2.45) is 0 Å². The van der Waals surface area contributed by atoms with Crippen LogP contribution in [0.4, 0.5) is 0 Å². The van der Waals surface area contributed by atoms with E-state index < -0.39 is 0 Å². The van der Waals surface area contributed by atoms with Gasteiger partial charge in [-0.05, 0) is 50.2 Å². The second kappa shape index (κ2) is 8.19. The van der Waals surface area contributed by atoms with Crippen molar-refractivity contribution < 1.29 is 4.74 Å². The third kappa shape index (κ3) is 4.41. The lowest BCUT2D eigenvalue weighted by Gasteiger charge is -2.08. The van der Waals surface area contributed by atoms with E-state index in [0.717, 1.165) is 40.9 Å². The van der Waals surface area contributed by atoms with Gasteiger partial charge in [0.15, 0.2) is 0 Å². The second-order valence-electron chi connectivity index (χ2n) is 5.88. The number of para-hydroxylation sites is 1. The molecule has 25 heavy (non-hydrogen) atoms. The smallest absolute Gasteiger partial charge is 0.119 e. The Morgan fingerprint density at radius 2 is 1.76 bits per heavy atom. The van der Waals surface area contributed by atoms with E-state index in [2.05, 4.69) is 17.3 Å². The highest BCUT2D eigenvalue weighted by Crippen LogP contribution is 2.19. The number of halogens is 1. The van der Waals surface area contributed by atoms with Crippen molar-refractivity contribution in [3.8, 4) is 11.4 Å². The summed E-state index contributed by atoms with van der Waals surface area (Å²) in [6, 6.07) is 17.6. The average Bonchev–Trinajstić information content (AvgIpc) is 2.91. The van der Waals surface area contributed by atoms with Crippen molar-refractivity contribution in [2.45, 2.75) is 20.4 Å². The summed E-state index contributed by atoms with van der Waals surface area (Å²) in [6.07, 6.45) is 0. The highest BCUT2D eigenvalue weighted by atomic mass is 35.5. The number of ether oxygens (including phenoxy) is 1. The van der Waals surface area contributed by atoms with E-state index in [0.29, 0.717) is 6.61 Å². The van der Waals surface area contributed by atoms with Gasteiger partial charge in [-0.15, -0.1) is 0 Å². The molecule has 0 aliphatic carbocycles. The van der Waals surface area contributed by atoms with Crippen LogP contribution in [0.5, 0.6) is 5.75 Å². The number of benzene rings is 2. The van der Waals surface area contributed by atoms with Gasteiger partial charge < -0.3 is 10.1 Å². The van der Waals surface area contributed by atoms with Crippen LogP contribution in [0.2, 0.25) is 5.02 Å². The molecule has 0 unspecified atom stereocenters. The third-order valence-electron chi connectivity index (χ3n) is 4.10. The van der Waals surface area contributed by atoms with Gasteiger partial charge in [0.2, 0.25) is 0 Å². The molecule has 0 spiro atoms. The van der Waals surface area contributed by atoms with Gasteiger partial charge >= 0.3 is 0 Å². The van der Waals surface area contributed by atoms with Gasteiger partial charge in [0.25, 0.3) is 0 Å². The molecule has 3 rings (SSSR count). The Morgan fingerprint density at radius 1 is 1.04 bits per heavy atom. The van der Waals surface area contributed by atoms with Crippen molar-refractivity contribution in [1.82, 2.24) is 15.1 Å². The summed E-state index contributed by atoms with van der Waals surface area (Å²) in [7, 11) is 0. The van der Waals surface area contributed by atoms with Crippen LogP contribution >= 0.6 is 11.6 Å². The first-order chi connectivity index (χ1) is 12.1. The molecular formula is C20H22ClN3O. The van der Waals surface area contributed by atoms with Gasteiger partial charge in [-0.1, -0.05) is 29.8 Å². The van der Waals surface area contributed by atoms with E-state index in [9.17, 15) is 0 Å². The molecule has 130 valence electrons. The third-order valence-corrected chi connectivity index (χ3v) is 4.36. The molecule has 0 aliphatic rings. The number of nitrogens with zero attached hydrogens (tertiary/aromatic N) is 2. The molecule has 0 atom stereocenters. The van der Waals surface area contributed by atoms with E-state index in [1.54, 1.807) is 0 Å². The molecule has 0 bridgehead atoms. The van der Waals surface area contributed by atoms with Crippen LogP contribution in [0, 0.1) is 13.8 Å². The molecule has 4 nitrogen and oxygen atoms in total. The molecule has 1 N–H and O–H groups in total. The normalized spacial score (nSPS) is 10.8. The Bertz CT molecular complexity index is 813. The van der Waals surface area contributed by atoms with E-state index in [1.165, 1.54) is 5.56 Å². The molecule has 1 heterocycles. The molecule has 0 radical (unpaired) electrons. The van der Waals surface area contributed by atoms with Gasteiger partial charge in [0.1, 0.15) is 12.4 Å². The van der Waals surface area contributed by atoms with Crippen LogP contribution in [0.1, 0.15) is 17.0 Å². The number of aryl methyl sites for hydroxylation is 1. The highest BCUT2D eigenvalue weighted by Gasteiger charge is 2.12. The SMILES string of the molecule is Cc1nn(-c2ccc(Cl)cc2)c(C)c1CNCCOc1ccccc1. The van der Waals surface area contributed by atoms with Gasteiger partial charge in [-0.2, -0.15) is 5.10 Å². The number of hydrogen-bond donors (Lipinski definition) is 1. The van der Waals surface area contributed by atoms with Gasteiger partial charge in [-0.25, -0.2) is 4.68 Å². The van der Waals surface area contributed by atoms with Crippen LogP contribution in [-0.4, -0.2) is 22.9 Å². The molecule has 1 aromatic heterocycles. The average molecular weight is 356 g/mol. The summed E-state index contributed by atoms with van der Waals surface area (Å²) in [5.74, 6) is 0.896. The zero-order valence-corrected chi connectivity index (χ0v) is 15.3. The maximum absolute atomic E-state index is 5.97. The standard InChI is InChI=1S/C20H22ClN3O/c1-15-20(14-22-12-13-25-19-6-4-3-5-7-19)16(2)24(23-15)18-10-8-17(21)9-11-18/h3-11,22H,12-14H2,1-2H3. The first kappa shape index (κ1) is 17.5. The van der Waals surface area contributed by atoms with Crippen LogP contribution in [0.25, 0.3) is 5.69 Å². The fourth-order valence-electron chi connectivity index (χ4n) is 2.74. The van der Waals surface area contributed by atoms with E-state index >= 15 is 0 Å². The lowest BCUT2D eigenvalue weighted by Crippen LogP contribution is -2.21. The molecule has 3 aromatic rings. The molecule has 2 aromatic carbocycles. The van der Waals surface area contributed by atoms with Gasteiger partial charge in [-0.3, -0.25) is 0 Å². The number of nitrogens with one attached hydrogen (secondary N) is 1. The van der Waals surface area contributed by atoms with E-state index in [1.807, 2.05) is 66.2 Å². The molecular weight excluding hydrogens is 334 g/mol. The number of rotatable bonds is 7. The van der Waals surface area contributed by atoms with Crippen molar-refractivity contribution in [3.05, 3.63) is 76.6 Å². The number of aromatic nitrogens is 2. The highest BCUT2D eigenvalue weighted by molar-refractivity contribution is 6.30. The first-order valence-corrected chi connectivity index (χ1v) is 8.72. The van der Waals surface area contributed by atoms with Crippen molar-refractivity contribution in [3.63, 3.8) is 0 Å². The Hall–Kier alpha value is -2.30. The zero-order chi connectivity index (χ0) is 17.6. The lowest BCUT2D eigenvalue weighted by atomic mass is 10.2. The lowest BCUT2D eigenvalue weighted by molar-refractivity contribution is 0.313. The van der Waals surface area contributed by atoms with Crippen LogP contribution in [-0.2, 0) is 6.54 Å². The van der Waals surface area contributed by atoms with Crippen molar-refractivity contribution in [1.29, 1.82) is 0 Å². The summed E-state index contributed by atoms with van der Waals surface area (Å²) in [6.45, 7) is 6.31. The minimum Gasteiger partial charge on any atom is -0.492 e. The Kier molecular flexibility index (Phi) is 5.74. The fraction of sp³-hybridized carbons (Fsp3) is 0.250. The van der Waals surface area contributed by atoms with Crippen molar-refractivity contribution in [2.75, 3.05) is 13.2 Å². The molecule has 0 saturated carbocycles. The maximum Gasteiger partial charge on any atom is 0.119 e. The summed E-state index contributed by atoms with van der Waals surface area (Å²) in [5, 5.41) is 8.81. The van der Waals surface area contributed by atoms with Crippen LogP contribution in [0.3, 0.4) is 0 Å². The van der Waals surface area contributed by atoms with Crippen molar-refractivity contribution >= 4 is 11.6 Å². The minimum absolute atomic E-state index is 0.632. The number of hydrogen-bond acceptors (Lipinski definition) is 3. The van der Waals surface area contributed by atoms with Gasteiger partial charge in [0, 0.05) is 29.4 Å².